The van der Waals surface area contributed by atoms with Crippen molar-refractivity contribution in [2.75, 3.05) is 0 Å². The van der Waals surface area contributed by atoms with E-state index in [9.17, 15) is 4.79 Å². The highest BCUT2D eigenvalue weighted by atomic mass is 16.5. The molecule has 0 radical (unpaired) electrons. The summed E-state index contributed by atoms with van der Waals surface area (Å²) >= 11 is 0. The minimum atomic E-state index is -0.125. The Morgan fingerprint density at radius 3 is 2.58 bits per heavy atom. The predicted octanol–water partition coefficient (Wildman–Crippen LogP) is 8.29. The van der Waals surface area contributed by atoms with Gasteiger partial charge in [0.15, 0.2) is 0 Å². The Balaban J connectivity index is 1.50. The lowest BCUT2D eigenvalue weighted by molar-refractivity contribution is -0.148. The summed E-state index contributed by atoms with van der Waals surface area (Å²) in [5, 5.41) is 0. The number of allylic oxidation sites excluding steroid dienone is 4. The molecule has 0 heterocycles. The molecule has 0 amide bonds. The van der Waals surface area contributed by atoms with Gasteiger partial charge in [0.1, 0.15) is 6.10 Å². The molecule has 4 rings (SSSR count). The van der Waals surface area contributed by atoms with Crippen molar-refractivity contribution < 1.29 is 9.53 Å². The van der Waals surface area contributed by atoms with Crippen LogP contribution in [0.5, 0.6) is 0 Å². The van der Waals surface area contributed by atoms with Crippen LogP contribution in [0.1, 0.15) is 99.3 Å². The number of hydrogen-bond donors (Lipinski definition) is 0. The lowest BCUT2D eigenvalue weighted by atomic mass is 9.47. The van der Waals surface area contributed by atoms with Crippen molar-refractivity contribution in [3.05, 3.63) is 36.0 Å². The van der Waals surface area contributed by atoms with Crippen LogP contribution in [0.3, 0.4) is 0 Å². The van der Waals surface area contributed by atoms with Crippen LogP contribution < -0.4 is 0 Å². The molecular formula is C31H48O2. The Labute approximate surface area is 203 Å². The normalized spacial score (nSPS) is 42.0. The molecule has 2 heteroatoms. The van der Waals surface area contributed by atoms with Crippen LogP contribution in [0.15, 0.2) is 36.0 Å². The zero-order chi connectivity index (χ0) is 24.0. The monoisotopic (exact) mass is 452 g/mol. The summed E-state index contributed by atoms with van der Waals surface area (Å²) in [5.74, 6) is 4.36. The molecule has 3 fully saturated rings. The Kier molecular flexibility index (Phi) is 7.05. The van der Waals surface area contributed by atoms with E-state index in [0.29, 0.717) is 22.7 Å². The molecule has 0 spiro atoms. The maximum atomic E-state index is 11.5. The zero-order valence-corrected chi connectivity index (χ0v) is 22.2. The molecule has 0 bridgehead atoms. The van der Waals surface area contributed by atoms with Gasteiger partial charge in [-0.2, -0.15) is 0 Å². The molecule has 0 unspecified atom stereocenters. The average molecular weight is 453 g/mol. The van der Waals surface area contributed by atoms with E-state index in [4.69, 9.17) is 4.74 Å². The summed E-state index contributed by atoms with van der Waals surface area (Å²) in [6, 6.07) is 0. The quantitative estimate of drug-likeness (QED) is 0.299. The van der Waals surface area contributed by atoms with Gasteiger partial charge in [-0.05, 0) is 105 Å². The highest BCUT2D eigenvalue weighted by Crippen LogP contribution is 2.67. The number of hydrogen-bond acceptors (Lipinski definition) is 2. The van der Waals surface area contributed by atoms with Crippen LogP contribution in [0, 0.1) is 46.3 Å². The standard InChI is InChI=1S/C31H48O2/c1-8-23(20(2)3)10-9-21(4)27-13-14-28-26-12-11-24-19-25(33-22(5)32)15-17-30(24,6)29(26)16-18-31(27,28)7/h9-11,21,23,25-29H,2,8,12-19H2,1,3-7H3/b10-9+/t21-,23+,25+,26-,27-,28+,29+,30+,31-/m1/s1. The van der Waals surface area contributed by atoms with Gasteiger partial charge < -0.3 is 4.74 Å². The van der Waals surface area contributed by atoms with E-state index in [1.807, 2.05) is 0 Å². The van der Waals surface area contributed by atoms with E-state index in [1.54, 1.807) is 12.5 Å². The summed E-state index contributed by atoms with van der Waals surface area (Å²) < 4.78 is 5.62. The van der Waals surface area contributed by atoms with Crippen molar-refractivity contribution in [3.63, 3.8) is 0 Å². The second-order valence-corrected chi connectivity index (χ2v) is 12.6. The Bertz CT molecular complexity index is 821. The van der Waals surface area contributed by atoms with Gasteiger partial charge in [0.2, 0.25) is 0 Å². The lowest BCUT2D eigenvalue weighted by Gasteiger charge is -2.58. The van der Waals surface area contributed by atoms with Crippen molar-refractivity contribution in [2.24, 2.45) is 46.3 Å². The maximum Gasteiger partial charge on any atom is 0.302 e. The van der Waals surface area contributed by atoms with E-state index < -0.39 is 0 Å². The summed E-state index contributed by atoms with van der Waals surface area (Å²) in [7, 11) is 0. The van der Waals surface area contributed by atoms with Crippen molar-refractivity contribution in [1.29, 1.82) is 0 Å². The number of carbonyl (C=O) groups is 1. The Morgan fingerprint density at radius 1 is 1.15 bits per heavy atom. The number of esters is 1. The fourth-order valence-electron chi connectivity index (χ4n) is 8.96. The van der Waals surface area contributed by atoms with E-state index in [1.165, 1.54) is 44.1 Å². The average Bonchev–Trinajstić information content (AvgIpc) is 3.11. The highest BCUT2D eigenvalue weighted by Gasteiger charge is 2.59. The third-order valence-electron chi connectivity index (χ3n) is 10.8. The molecule has 0 aliphatic heterocycles. The van der Waals surface area contributed by atoms with Crippen molar-refractivity contribution in [2.45, 2.75) is 105 Å². The number of fused-ring (bicyclic) bond motifs is 5. The SMILES string of the molecule is C=C(C)[C@H](/C=C/[C@@H](C)[C@H]1CC[C@H]2[C@H]3CC=C4C[C@@H](OC(C)=O)CC[C@]4(C)[C@H]3CC[C@]12C)CC. The van der Waals surface area contributed by atoms with Crippen LogP contribution in [0.25, 0.3) is 0 Å². The number of ether oxygens (including phenoxy) is 1. The van der Waals surface area contributed by atoms with Crippen molar-refractivity contribution in [3.8, 4) is 0 Å². The largest absolute Gasteiger partial charge is 0.462 e. The van der Waals surface area contributed by atoms with Gasteiger partial charge in [-0.3, -0.25) is 4.79 Å². The van der Waals surface area contributed by atoms with Gasteiger partial charge in [0.05, 0.1) is 0 Å². The van der Waals surface area contributed by atoms with E-state index in [-0.39, 0.29) is 12.1 Å². The highest BCUT2D eigenvalue weighted by molar-refractivity contribution is 5.66. The molecule has 0 N–H and O–H groups in total. The van der Waals surface area contributed by atoms with Gasteiger partial charge in [-0.25, -0.2) is 0 Å². The molecule has 33 heavy (non-hydrogen) atoms. The zero-order valence-electron chi connectivity index (χ0n) is 22.2. The Morgan fingerprint density at radius 2 is 1.91 bits per heavy atom. The third-order valence-corrected chi connectivity index (χ3v) is 10.8. The Hall–Kier alpha value is -1.31. The van der Waals surface area contributed by atoms with Gasteiger partial charge in [-0.1, -0.05) is 63.6 Å². The van der Waals surface area contributed by atoms with Crippen LogP contribution in [-0.4, -0.2) is 12.1 Å². The molecule has 9 atom stereocenters. The van der Waals surface area contributed by atoms with Crippen LogP contribution in [0.4, 0.5) is 0 Å². The van der Waals surface area contributed by atoms with Gasteiger partial charge in [-0.15, -0.1) is 0 Å². The first-order valence-corrected chi connectivity index (χ1v) is 13.8. The predicted molar refractivity (Wildman–Crippen MR) is 138 cm³/mol. The summed E-state index contributed by atoms with van der Waals surface area (Å²) in [6.07, 6.45) is 18.8. The van der Waals surface area contributed by atoms with Crippen LogP contribution in [-0.2, 0) is 9.53 Å². The summed E-state index contributed by atoms with van der Waals surface area (Å²) in [5.41, 5.74) is 3.69. The van der Waals surface area contributed by atoms with Crippen molar-refractivity contribution >= 4 is 5.97 Å². The van der Waals surface area contributed by atoms with Gasteiger partial charge in [0, 0.05) is 13.3 Å². The van der Waals surface area contributed by atoms with Crippen molar-refractivity contribution in [1.82, 2.24) is 0 Å². The summed E-state index contributed by atoms with van der Waals surface area (Å²) in [4.78, 5) is 11.5. The van der Waals surface area contributed by atoms with Gasteiger partial charge in [0.25, 0.3) is 0 Å². The molecule has 184 valence electrons. The van der Waals surface area contributed by atoms with E-state index in [2.05, 4.69) is 59.4 Å². The topological polar surface area (TPSA) is 26.3 Å². The fraction of sp³-hybridized carbons (Fsp3) is 0.774. The lowest BCUT2D eigenvalue weighted by Crippen LogP contribution is -2.51. The van der Waals surface area contributed by atoms with Crippen LogP contribution >= 0.6 is 0 Å². The molecule has 4 aliphatic rings. The second kappa shape index (κ2) is 9.38. The molecule has 0 aromatic rings. The number of carbonyl (C=O) groups excluding carboxylic acids is 1. The molecule has 3 saturated carbocycles. The first-order chi connectivity index (χ1) is 15.6. The molecule has 0 aromatic carbocycles. The molecular weight excluding hydrogens is 404 g/mol. The third kappa shape index (κ3) is 4.41. The molecule has 0 aromatic heterocycles. The van der Waals surface area contributed by atoms with Crippen LogP contribution in [0.2, 0.25) is 0 Å². The molecule has 2 nitrogen and oxygen atoms in total. The first-order valence-electron chi connectivity index (χ1n) is 13.8. The molecule has 4 aliphatic carbocycles. The molecule has 0 saturated heterocycles. The first kappa shape index (κ1) is 24.8. The number of rotatable bonds is 6. The smallest absolute Gasteiger partial charge is 0.302 e. The second-order valence-electron chi connectivity index (χ2n) is 12.6. The van der Waals surface area contributed by atoms with Gasteiger partial charge >= 0.3 is 5.97 Å². The van der Waals surface area contributed by atoms with E-state index in [0.717, 1.165) is 42.9 Å². The minimum absolute atomic E-state index is 0.0990. The fourth-order valence-corrected chi connectivity index (χ4v) is 8.96. The summed E-state index contributed by atoms with van der Waals surface area (Å²) in [6.45, 7) is 17.9. The van der Waals surface area contributed by atoms with E-state index >= 15 is 0 Å². The minimum Gasteiger partial charge on any atom is -0.462 e. The maximum absolute atomic E-state index is 11.5.